The topological polar surface area (TPSA) is 51.2 Å². The molecule has 0 aliphatic carbocycles. The van der Waals surface area contributed by atoms with Crippen molar-refractivity contribution >= 4 is 15.6 Å². The van der Waals surface area contributed by atoms with Crippen LogP contribution in [0.3, 0.4) is 0 Å². The molecule has 0 N–H and O–H groups in total. The molecule has 0 saturated heterocycles. The molecule has 0 saturated carbocycles. The first-order valence-electron chi connectivity index (χ1n) is 5.99. The Balaban J connectivity index is 2.23. The average Bonchev–Trinajstić information content (AvgIpc) is 2.61. The first kappa shape index (κ1) is 12.1. The van der Waals surface area contributed by atoms with E-state index in [0.29, 0.717) is 5.56 Å². The van der Waals surface area contributed by atoms with Crippen molar-refractivity contribution in [1.82, 2.24) is 0 Å². The molecule has 0 bridgehead atoms. The van der Waals surface area contributed by atoms with Crippen LogP contribution in [-0.4, -0.2) is 19.5 Å². The molecule has 0 fully saturated rings. The number of fused-ring (bicyclic) bond motifs is 1. The van der Waals surface area contributed by atoms with Crippen LogP contribution in [0.25, 0.3) is 11.1 Å². The second-order valence-corrected chi connectivity index (χ2v) is 6.87. The molecule has 0 radical (unpaired) electrons. The molecule has 3 rings (SSSR count). The number of carbonyl (C=O) groups excluding carboxylic acids is 1. The number of hydrogen-bond donors (Lipinski definition) is 0. The summed E-state index contributed by atoms with van der Waals surface area (Å²) >= 11 is 0. The monoisotopic (exact) mass is 272 g/mol. The van der Waals surface area contributed by atoms with Gasteiger partial charge in [0.15, 0.2) is 15.6 Å². The largest absolute Gasteiger partial charge is 0.293 e. The maximum absolute atomic E-state index is 12.2. The van der Waals surface area contributed by atoms with Gasteiger partial charge in [0.2, 0.25) is 0 Å². The van der Waals surface area contributed by atoms with Gasteiger partial charge in [-0.25, -0.2) is 8.42 Å². The number of ketones is 1. The van der Waals surface area contributed by atoms with Gasteiger partial charge in [-0.1, -0.05) is 36.4 Å². The van der Waals surface area contributed by atoms with Gasteiger partial charge < -0.3 is 0 Å². The standard InChI is InChI=1S/C15H12O3S/c1-10-15(16)13-8-7-12(9-14(13)19(10,17)18)11-5-3-2-4-6-11/h2-10H,1H3. The zero-order chi connectivity index (χ0) is 13.6. The third kappa shape index (κ3) is 1.71. The first-order valence-corrected chi connectivity index (χ1v) is 7.54. The molecular weight excluding hydrogens is 260 g/mol. The fourth-order valence-electron chi connectivity index (χ4n) is 2.32. The number of hydrogen-bond acceptors (Lipinski definition) is 3. The smallest absolute Gasteiger partial charge is 0.189 e. The van der Waals surface area contributed by atoms with Crippen LogP contribution in [0, 0.1) is 0 Å². The van der Waals surface area contributed by atoms with Crippen molar-refractivity contribution in [3.05, 3.63) is 54.1 Å². The minimum Gasteiger partial charge on any atom is -0.293 e. The van der Waals surface area contributed by atoms with Gasteiger partial charge in [-0.2, -0.15) is 0 Å². The molecule has 1 unspecified atom stereocenters. The fraction of sp³-hybridized carbons (Fsp3) is 0.133. The molecule has 0 amide bonds. The van der Waals surface area contributed by atoms with E-state index in [1.54, 1.807) is 18.2 Å². The average molecular weight is 272 g/mol. The van der Waals surface area contributed by atoms with E-state index in [1.165, 1.54) is 6.92 Å². The maximum atomic E-state index is 12.2. The van der Waals surface area contributed by atoms with E-state index < -0.39 is 15.1 Å². The third-order valence-electron chi connectivity index (χ3n) is 3.50. The molecule has 1 aliphatic rings. The Labute approximate surface area is 111 Å². The van der Waals surface area contributed by atoms with E-state index in [0.717, 1.165) is 11.1 Å². The van der Waals surface area contributed by atoms with Gasteiger partial charge in [-0.15, -0.1) is 0 Å². The Morgan fingerprint density at radius 3 is 2.32 bits per heavy atom. The predicted octanol–water partition coefficient (Wildman–Crippen LogP) is 2.71. The molecule has 96 valence electrons. The molecule has 4 heteroatoms. The third-order valence-corrected chi connectivity index (χ3v) is 5.59. The lowest BCUT2D eigenvalue weighted by molar-refractivity contribution is 0.0994. The van der Waals surface area contributed by atoms with Gasteiger partial charge in [0, 0.05) is 5.56 Å². The number of Topliss-reactive ketones (excluding diaryl/α,β-unsaturated/α-hetero) is 1. The zero-order valence-electron chi connectivity index (χ0n) is 10.3. The van der Waals surface area contributed by atoms with Crippen molar-refractivity contribution < 1.29 is 13.2 Å². The van der Waals surface area contributed by atoms with Gasteiger partial charge >= 0.3 is 0 Å². The van der Waals surface area contributed by atoms with Crippen molar-refractivity contribution in [3.8, 4) is 11.1 Å². The SMILES string of the molecule is CC1C(=O)c2ccc(-c3ccccc3)cc2S1(=O)=O. The van der Waals surface area contributed by atoms with E-state index >= 15 is 0 Å². The molecule has 0 aromatic heterocycles. The molecule has 1 aliphatic heterocycles. The maximum Gasteiger partial charge on any atom is 0.189 e. The van der Waals surface area contributed by atoms with Crippen LogP contribution in [0.2, 0.25) is 0 Å². The normalized spacial score (nSPS) is 20.3. The molecule has 2 aromatic rings. The summed E-state index contributed by atoms with van der Waals surface area (Å²) in [5, 5.41) is -0.964. The summed E-state index contributed by atoms with van der Waals surface area (Å²) in [5.41, 5.74) is 2.06. The van der Waals surface area contributed by atoms with Gasteiger partial charge in [0.05, 0.1) is 4.90 Å². The zero-order valence-corrected chi connectivity index (χ0v) is 11.1. The van der Waals surface area contributed by atoms with Crippen molar-refractivity contribution in [1.29, 1.82) is 0 Å². The Morgan fingerprint density at radius 1 is 0.947 bits per heavy atom. The summed E-state index contributed by atoms with van der Waals surface area (Å²) in [7, 11) is -3.51. The van der Waals surface area contributed by atoms with Crippen molar-refractivity contribution in [2.45, 2.75) is 17.1 Å². The van der Waals surface area contributed by atoms with Crippen LogP contribution in [0.4, 0.5) is 0 Å². The summed E-state index contributed by atoms with van der Waals surface area (Å²) < 4.78 is 24.3. The first-order chi connectivity index (χ1) is 9.01. The lowest BCUT2D eigenvalue weighted by atomic mass is 10.0. The number of benzene rings is 2. The number of sulfone groups is 1. The quantitative estimate of drug-likeness (QED) is 0.802. The molecule has 1 atom stereocenters. The van der Waals surface area contributed by atoms with E-state index in [1.807, 2.05) is 30.3 Å². The van der Waals surface area contributed by atoms with Crippen LogP contribution < -0.4 is 0 Å². The van der Waals surface area contributed by atoms with Crippen LogP contribution in [0.5, 0.6) is 0 Å². The van der Waals surface area contributed by atoms with Crippen LogP contribution in [0.1, 0.15) is 17.3 Å². The van der Waals surface area contributed by atoms with Gasteiger partial charge in [-0.3, -0.25) is 4.79 Å². The highest BCUT2D eigenvalue weighted by atomic mass is 32.2. The lowest BCUT2D eigenvalue weighted by Crippen LogP contribution is -2.17. The van der Waals surface area contributed by atoms with Crippen LogP contribution in [0.15, 0.2) is 53.4 Å². The highest BCUT2D eigenvalue weighted by Crippen LogP contribution is 2.34. The molecule has 1 heterocycles. The Morgan fingerprint density at radius 2 is 1.63 bits per heavy atom. The fourth-order valence-corrected chi connectivity index (χ4v) is 3.88. The highest BCUT2D eigenvalue weighted by molar-refractivity contribution is 7.93. The number of carbonyl (C=O) groups is 1. The van der Waals surface area contributed by atoms with E-state index in [9.17, 15) is 13.2 Å². The van der Waals surface area contributed by atoms with E-state index in [-0.39, 0.29) is 10.7 Å². The second kappa shape index (κ2) is 4.03. The number of rotatable bonds is 1. The summed E-state index contributed by atoms with van der Waals surface area (Å²) in [6, 6.07) is 14.5. The second-order valence-electron chi connectivity index (χ2n) is 4.63. The summed E-state index contributed by atoms with van der Waals surface area (Å²) in [5.74, 6) is -0.311. The minimum atomic E-state index is -3.51. The Kier molecular flexibility index (Phi) is 2.57. The molecule has 19 heavy (non-hydrogen) atoms. The Bertz CT molecular complexity index is 761. The molecule has 2 aromatic carbocycles. The van der Waals surface area contributed by atoms with Gasteiger partial charge in [0.25, 0.3) is 0 Å². The van der Waals surface area contributed by atoms with Crippen molar-refractivity contribution in [2.75, 3.05) is 0 Å². The van der Waals surface area contributed by atoms with Crippen LogP contribution in [-0.2, 0) is 9.84 Å². The molecular formula is C15H12O3S. The van der Waals surface area contributed by atoms with E-state index in [2.05, 4.69) is 0 Å². The van der Waals surface area contributed by atoms with Gasteiger partial charge in [-0.05, 0) is 30.2 Å². The van der Waals surface area contributed by atoms with Crippen molar-refractivity contribution in [2.24, 2.45) is 0 Å². The van der Waals surface area contributed by atoms with E-state index in [4.69, 9.17) is 0 Å². The molecule has 0 spiro atoms. The highest BCUT2D eigenvalue weighted by Gasteiger charge is 2.41. The summed E-state index contributed by atoms with van der Waals surface area (Å²) in [6.45, 7) is 1.44. The van der Waals surface area contributed by atoms with Crippen LogP contribution >= 0.6 is 0 Å². The minimum absolute atomic E-state index is 0.159. The molecule has 3 nitrogen and oxygen atoms in total. The summed E-state index contributed by atoms with van der Waals surface area (Å²) in [4.78, 5) is 12.0. The van der Waals surface area contributed by atoms with Gasteiger partial charge in [0.1, 0.15) is 5.25 Å². The predicted molar refractivity (Wildman–Crippen MR) is 72.9 cm³/mol. The lowest BCUT2D eigenvalue weighted by Gasteiger charge is -2.04. The Hall–Kier alpha value is -1.94. The van der Waals surface area contributed by atoms with Crippen molar-refractivity contribution in [3.63, 3.8) is 0 Å². The summed E-state index contributed by atoms with van der Waals surface area (Å²) in [6.07, 6.45) is 0.